The minimum atomic E-state index is 0.365. The summed E-state index contributed by atoms with van der Waals surface area (Å²) < 4.78 is 5.72. The molecule has 2 heterocycles. The first kappa shape index (κ1) is 12.7. The van der Waals surface area contributed by atoms with Crippen molar-refractivity contribution in [3.63, 3.8) is 0 Å². The number of nitrogens with two attached hydrogens (primary N) is 1. The number of nitrogens with zero attached hydrogens (tertiary/aromatic N) is 1. The maximum absolute atomic E-state index is 5.94. The van der Waals surface area contributed by atoms with Crippen LogP contribution in [0.3, 0.4) is 0 Å². The normalized spacial score (nSPS) is 26.6. The molecule has 1 aromatic heterocycles. The Morgan fingerprint density at radius 1 is 1.53 bits per heavy atom. The van der Waals surface area contributed by atoms with Crippen LogP contribution >= 0.6 is 0 Å². The first-order chi connectivity index (χ1) is 8.15. The van der Waals surface area contributed by atoms with Crippen molar-refractivity contribution in [3.05, 3.63) is 23.7 Å². The zero-order chi connectivity index (χ0) is 12.4. The van der Waals surface area contributed by atoms with Crippen LogP contribution in [-0.4, -0.2) is 24.0 Å². The molecule has 3 nitrogen and oxygen atoms in total. The predicted molar refractivity (Wildman–Crippen MR) is 69.8 cm³/mol. The van der Waals surface area contributed by atoms with Crippen LogP contribution in [0.2, 0.25) is 0 Å². The van der Waals surface area contributed by atoms with Gasteiger partial charge in [-0.2, -0.15) is 0 Å². The number of hydrogen-bond donors (Lipinski definition) is 1. The van der Waals surface area contributed by atoms with Gasteiger partial charge in [-0.3, -0.25) is 4.90 Å². The largest absolute Gasteiger partial charge is 0.467 e. The van der Waals surface area contributed by atoms with E-state index in [1.54, 1.807) is 6.26 Å². The summed E-state index contributed by atoms with van der Waals surface area (Å²) in [5, 5.41) is 0. The molecular weight excluding hydrogens is 212 g/mol. The lowest BCUT2D eigenvalue weighted by Gasteiger charge is -2.42. The fourth-order valence-corrected chi connectivity index (χ4v) is 2.98. The Morgan fingerprint density at radius 3 is 2.82 bits per heavy atom. The molecule has 1 fully saturated rings. The van der Waals surface area contributed by atoms with Crippen molar-refractivity contribution in [2.45, 2.75) is 45.7 Å². The summed E-state index contributed by atoms with van der Waals surface area (Å²) >= 11 is 0. The highest BCUT2D eigenvalue weighted by Crippen LogP contribution is 2.38. The van der Waals surface area contributed by atoms with Crippen molar-refractivity contribution in [1.82, 2.24) is 4.90 Å². The first-order valence-electron chi connectivity index (χ1n) is 6.65. The average molecular weight is 236 g/mol. The number of likely N-dealkylation sites (tertiary alicyclic amines) is 1. The molecule has 2 atom stereocenters. The molecule has 0 aliphatic carbocycles. The second kappa shape index (κ2) is 5.23. The molecule has 17 heavy (non-hydrogen) atoms. The van der Waals surface area contributed by atoms with E-state index in [0.29, 0.717) is 18.0 Å². The van der Waals surface area contributed by atoms with Gasteiger partial charge in [0.15, 0.2) is 0 Å². The fourth-order valence-electron chi connectivity index (χ4n) is 2.98. The molecule has 1 aliphatic rings. The van der Waals surface area contributed by atoms with Gasteiger partial charge in [0.05, 0.1) is 12.3 Å². The summed E-state index contributed by atoms with van der Waals surface area (Å²) in [5.41, 5.74) is 7.19. The predicted octanol–water partition coefficient (Wildman–Crippen LogP) is 2.71. The lowest BCUT2D eigenvalue weighted by molar-refractivity contribution is 0.0519. The molecule has 1 aliphatic heterocycles. The van der Waals surface area contributed by atoms with Crippen molar-refractivity contribution >= 4 is 0 Å². The Bertz CT molecular complexity index is 359. The summed E-state index contributed by atoms with van der Waals surface area (Å²) in [5.74, 6) is 1.64. The van der Waals surface area contributed by atoms with Gasteiger partial charge in [-0.25, -0.2) is 0 Å². The van der Waals surface area contributed by atoms with Crippen molar-refractivity contribution in [1.29, 1.82) is 0 Å². The van der Waals surface area contributed by atoms with Crippen LogP contribution < -0.4 is 5.73 Å². The van der Waals surface area contributed by atoms with Crippen LogP contribution in [0, 0.1) is 12.8 Å². The van der Waals surface area contributed by atoms with Gasteiger partial charge in [0.1, 0.15) is 5.76 Å². The zero-order valence-electron chi connectivity index (χ0n) is 11.1. The van der Waals surface area contributed by atoms with Crippen molar-refractivity contribution < 1.29 is 4.42 Å². The zero-order valence-corrected chi connectivity index (χ0v) is 11.1. The molecule has 0 spiro atoms. The summed E-state index contributed by atoms with van der Waals surface area (Å²) in [7, 11) is 0. The quantitative estimate of drug-likeness (QED) is 0.877. The molecule has 2 N–H and O–H groups in total. The van der Waals surface area contributed by atoms with Gasteiger partial charge >= 0.3 is 0 Å². The van der Waals surface area contributed by atoms with Gasteiger partial charge in [-0.1, -0.05) is 0 Å². The van der Waals surface area contributed by atoms with E-state index in [1.807, 2.05) is 0 Å². The third-order valence-electron chi connectivity index (χ3n) is 3.93. The summed E-state index contributed by atoms with van der Waals surface area (Å²) in [4.78, 5) is 2.53. The van der Waals surface area contributed by atoms with E-state index in [9.17, 15) is 0 Å². The lowest BCUT2D eigenvalue weighted by atomic mass is 9.85. The second-order valence-electron chi connectivity index (χ2n) is 5.38. The minimum Gasteiger partial charge on any atom is -0.467 e. The Morgan fingerprint density at radius 2 is 2.29 bits per heavy atom. The van der Waals surface area contributed by atoms with Crippen LogP contribution in [0.25, 0.3) is 0 Å². The average Bonchev–Trinajstić information content (AvgIpc) is 2.74. The highest BCUT2D eigenvalue weighted by molar-refractivity contribution is 5.20. The SMILES string of the molecule is Cc1ccoc1C1C(CN)CCCN1C(C)C. The van der Waals surface area contributed by atoms with Gasteiger partial charge in [0.2, 0.25) is 0 Å². The highest BCUT2D eigenvalue weighted by Gasteiger charge is 2.35. The molecule has 3 heteroatoms. The van der Waals surface area contributed by atoms with E-state index in [1.165, 1.54) is 18.4 Å². The molecule has 0 aromatic carbocycles. The number of hydrogen-bond acceptors (Lipinski definition) is 3. The molecule has 2 unspecified atom stereocenters. The molecule has 1 aromatic rings. The van der Waals surface area contributed by atoms with E-state index >= 15 is 0 Å². The van der Waals surface area contributed by atoms with Crippen molar-refractivity contribution in [2.75, 3.05) is 13.1 Å². The fraction of sp³-hybridized carbons (Fsp3) is 0.714. The molecule has 1 saturated heterocycles. The lowest BCUT2D eigenvalue weighted by Crippen LogP contribution is -2.45. The minimum absolute atomic E-state index is 0.365. The second-order valence-corrected chi connectivity index (χ2v) is 5.38. The highest BCUT2D eigenvalue weighted by atomic mass is 16.3. The third kappa shape index (κ3) is 2.40. The van der Waals surface area contributed by atoms with Gasteiger partial charge < -0.3 is 10.2 Å². The Kier molecular flexibility index (Phi) is 3.89. The van der Waals surface area contributed by atoms with Gasteiger partial charge in [0, 0.05) is 6.04 Å². The maximum Gasteiger partial charge on any atom is 0.124 e. The topological polar surface area (TPSA) is 42.4 Å². The van der Waals surface area contributed by atoms with Crippen LogP contribution in [0.4, 0.5) is 0 Å². The van der Waals surface area contributed by atoms with Crippen LogP contribution in [-0.2, 0) is 0 Å². The van der Waals surface area contributed by atoms with Crippen molar-refractivity contribution in [2.24, 2.45) is 11.7 Å². The molecule has 0 radical (unpaired) electrons. The number of piperidine rings is 1. The van der Waals surface area contributed by atoms with Crippen LogP contribution in [0.1, 0.15) is 44.1 Å². The standard InChI is InChI=1S/C14H24N2O/c1-10(2)16-7-4-5-12(9-15)13(16)14-11(3)6-8-17-14/h6,8,10,12-13H,4-5,7,9,15H2,1-3H3. The monoisotopic (exact) mass is 236 g/mol. The molecule has 0 bridgehead atoms. The smallest absolute Gasteiger partial charge is 0.124 e. The summed E-state index contributed by atoms with van der Waals surface area (Å²) in [6, 6.07) is 2.96. The number of furan rings is 1. The Labute approximate surface area is 104 Å². The van der Waals surface area contributed by atoms with Crippen LogP contribution in [0.15, 0.2) is 16.7 Å². The van der Waals surface area contributed by atoms with E-state index in [2.05, 4.69) is 31.7 Å². The molecule has 0 saturated carbocycles. The first-order valence-corrected chi connectivity index (χ1v) is 6.65. The van der Waals surface area contributed by atoms with Gasteiger partial charge in [-0.05, 0) is 64.3 Å². The Hall–Kier alpha value is -0.800. The van der Waals surface area contributed by atoms with E-state index in [4.69, 9.17) is 10.2 Å². The summed E-state index contributed by atoms with van der Waals surface area (Å²) in [6.07, 6.45) is 4.26. The van der Waals surface area contributed by atoms with E-state index in [-0.39, 0.29) is 0 Å². The molecular formula is C14H24N2O. The van der Waals surface area contributed by atoms with Crippen LogP contribution in [0.5, 0.6) is 0 Å². The summed E-state index contributed by atoms with van der Waals surface area (Å²) in [6.45, 7) is 8.53. The molecule has 0 amide bonds. The number of rotatable bonds is 3. The van der Waals surface area contributed by atoms with Crippen molar-refractivity contribution in [3.8, 4) is 0 Å². The number of aryl methyl sites for hydroxylation is 1. The Balaban J connectivity index is 2.32. The van der Waals surface area contributed by atoms with Gasteiger partial charge in [-0.15, -0.1) is 0 Å². The van der Waals surface area contributed by atoms with E-state index in [0.717, 1.165) is 18.8 Å². The third-order valence-corrected chi connectivity index (χ3v) is 3.93. The molecule has 96 valence electrons. The molecule has 2 rings (SSSR count). The van der Waals surface area contributed by atoms with Gasteiger partial charge in [0.25, 0.3) is 0 Å². The van der Waals surface area contributed by atoms with E-state index < -0.39 is 0 Å². The maximum atomic E-state index is 5.94.